The van der Waals surface area contributed by atoms with Gasteiger partial charge in [-0.05, 0) is 77.0 Å². The van der Waals surface area contributed by atoms with Gasteiger partial charge in [0.15, 0.2) is 17.5 Å². The Hall–Kier alpha value is -1.74. The largest absolute Gasteiger partial charge is 0.469 e. The number of methoxy groups -OCH3 is 1. The number of hydrogen-bond donors (Lipinski definition) is 2. The number of fused-ring (bicyclic) bond motifs is 2. The number of alkyl halides is 8. The monoisotopic (exact) mass is 672 g/mol. The third-order valence-corrected chi connectivity index (χ3v) is 9.21. The summed E-state index contributed by atoms with van der Waals surface area (Å²) in [5, 5.41) is 19.2. The van der Waals surface area contributed by atoms with Crippen molar-refractivity contribution < 1.29 is 69.1 Å². The maximum absolute atomic E-state index is 14.3. The fourth-order valence-corrected chi connectivity index (χ4v) is 5.73. The molecule has 0 aromatic heterocycles. The SMILES string of the molecule is CC(O)(CC1CC2CCC1C2)C(F)(F)F.CCC(C)C(=O)OC.CCC(C)C(=O)OC1CC(C)(O)OC(C)(C(F)(F)F)C1(F)F. The van der Waals surface area contributed by atoms with Crippen molar-refractivity contribution in [3.05, 3.63) is 0 Å². The van der Waals surface area contributed by atoms with Gasteiger partial charge in [-0.15, -0.1) is 0 Å². The number of ether oxygens (including phenoxy) is 3. The van der Waals surface area contributed by atoms with Crippen LogP contribution in [0.3, 0.4) is 0 Å². The van der Waals surface area contributed by atoms with Crippen LogP contribution < -0.4 is 0 Å². The van der Waals surface area contributed by atoms with Gasteiger partial charge < -0.3 is 24.4 Å². The van der Waals surface area contributed by atoms with Crippen LogP contribution in [0.2, 0.25) is 0 Å². The molecule has 9 unspecified atom stereocenters. The molecule has 3 aliphatic rings. The molecule has 9 atom stereocenters. The highest BCUT2D eigenvalue weighted by Crippen LogP contribution is 2.54. The smallest absolute Gasteiger partial charge is 0.423 e. The summed E-state index contributed by atoms with van der Waals surface area (Å²) in [4.78, 5) is 22.2. The summed E-state index contributed by atoms with van der Waals surface area (Å²) in [7, 11) is 1.41. The number of esters is 2. The molecule has 2 N–H and O–H groups in total. The van der Waals surface area contributed by atoms with Crippen molar-refractivity contribution in [1.82, 2.24) is 0 Å². The molecule has 0 aromatic rings. The molecule has 7 nitrogen and oxygen atoms in total. The lowest BCUT2D eigenvalue weighted by Gasteiger charge is -2.50. The highest BCUT2D eigenvalue weighted by atomic mass is 19.4. The van der Waals surface area contributed by atoms with Crippen LogP contribution in [0.4, 0.5) is 35.1 Å². The second kappa shape index (κ2) is 15.0. The molecular weight excluding hydrogens is 624 g/mol. The van der Waals surface area contributed by atoms with E-state index in [1.807, 2.05) is 13.8 Å². The van der Waals surface area contributed by atoms with E-state index in [0.717, 1.165) is 39.5 Å². The molecule has 0 amide bonds. The van der Waals surface area contributed by atoms with Crippen molar-refractivity contribution in [2.45, 2.75) is 141 Å². The van der Waals surface area contributed by atoms with E-state index in [0.29, 0.717) is 11.8 Å². The Morgan fingerprint density at radius 2 is 1.47 bits per heavy atom. The van der Waals surface area contributed by atoms with E-state index in [4.69, 9.17) is 0 Å². The van der Waals surface area contributed by atoms with E-state index >= 15 is 0 Å². The molecule has 45 heavy (non-hydrogen) atoms. The third kappa shape index (κ3) is 10.1. The van der Waals surface area contributed by atoms with Gasteiger partial charge in [-0.2, -0.15) is 35.1 Å². The van der Waals surface area contributed by atoms with Gasteiger partial charge in [-0.25, -0.2) is 0 Å². The molecule has 2 bridgehead atoms. The minimum Gasteiger partial charge on any atom is -0.469 e. The van der Waals surface area contributed by atoms with Crippen LogP contribution >= 0.6 is 0 Å². The van der Waals surface area contributed by atoms with E-state index in [1.165, 1.54) is 20.5 Å². The molecule has 1 saturated heterocycles. The van der Waals surface area contributed by atoms with Crippen molar-refractivity contribution in [2.75, 3.05) is 7.11 Å². The van der Waals surface area contributed by atoms with E-state index in [2.05, 4.69) is 14.2 Å². The summed E-state index contributed by atoms with van der Waals surface area (Å²) < 4.78 is 118. The van der Waals surface area contributed by atoms with Crippen LogP contribution in [0.15, 0.2) is 0 Å². The quantitative estimate of drug-likeness (QED) is 0.215. The van der Waals surface area contributed by atoms with Gasteiger partial charge >= 0.3 is 30.2 Å². The molecule has 3 fully saturated rings. The zero-order valence-corrected chi connectivity index (χ0v) is 27.1. The molecule has 3 rings (SSSR count). The Bertz CT molecular complexity index is 982. The molecule has 2 aliphatic carbocycles. The van der Waals surface area contributed by atoms with E-state index in [9.17, 15) is 54.9 Å². The minimum absolute atomic E-state index is 0.0556. The number of carbonyl (C=O) groups is 2. The molecule has 0 radical (unpaired) electrons. The lowest BCUT2D eigenvalue weighted by atomic mass is 9.81. The molecular formula is C30H48F8O7. The lowest BCUT2D eigenvalue weighted by molar-refractivity contribution is -0.435. The van der Waals surface area contributed by atoms with Crippen molar-refractivity contribution in [3.8, 4) is 0 Å². The van der Waals surface area contributed by atoms with E-state index < -0.39 is 59.7 Å². The number of aliphatic hydroxyl groups is 2. The van der Waals surface area contributed by atoms with Gasteiger partial charge in [-0.3, -0.25) is 9.59 Å². The van der Waals surface area contributed by atoms with Crippen molar-refractivity contribution in [2.24, 2.45) is 29.6 Å². The summed E-state index contributed by atoms with van der Waals surface area (Å²) in [6.07, 6.45) is -8.15. The van der Waals surface area contributed by atoms with Crippen LogP contribution in [-0.4, -0.2) is 70.6 Å². The minimum atomic E-state index is -5.47. The van der Waals surface area contributed by atoms with Gasteiger partial charge in [0.2, 0.25) is 5.60 Å². The summed E-state index contributed by atoms with van der Waals surface area (Å²) in [5.74, 6) is -7.76. The fraction of sp³-hybridized carbons (Fsp3) is 0.933. The Labute approximate surface area is 259 Å². The Balaban J connectivity index is 0.000000378. The van der Waals surface area contributed by atoms with Crippen molar-refractivity contribution in [3.63, 3.8) is 0 Å². The van der Waals surface area contributed by atoms with E-state index in [-0.39, 0.29) is 37.6 Å². The second-order valence-electron chi connectivity index (χ2n) is 13.1. The summed E-state index contributed by atoms with van der Waals surface area (Å²) >= 11 is 0. The molecule has 15 heteroatoms. The summed E-state index contributed by atoms with van der Waals surface area (Å²) in [6.45, 7) is 8.67. The highest BCUT2D eigenvalue weighted by Gasteiger charge is 2.76. The molecule has 1 heterocycles. The van der Waals surface area contributed by atoms with Crippen LogP contribution in [0, 0.1) is 29.6 Å². The standard InChI is InChI=1S/C13H19F5O4.C11H17F3O.C6H12O2/c1-5-7(2)9(19)21-8-6-10(3,20)22-11(4,12(8,14)15)13(16,17)18;1-10(15,11(12,13)14)6-9-5-7-2-3-8(9)4-7;1-4-5(2)6(7)8-3/h7-8,20H,5-6H2,1-4H3;7-9,15H,2-6H2,1H3;5H,4H2,1-3H3. The first kappa shape index (κ1) is 41.3. The fourth-order valence-electron chi connectivity index (χ4n) is 5.73. The predicted octanol–water partition coefficient (Wildman–Crippen LogP) is 7.36. The zero-order valence-electron chi connectivity index (χ0n) is 27.1. The lowest BCUT2D eigenvalue weighted by Crippen LogP contribution is -2.71. The number of rotatable bonds is 7. The van der Waals surface area contributed by atoms with Gasteiger partial charge in [-0.1, -0.05) is 34.1 Å². The normalized spacial score (nSPS) is 33.4. The second-order valence-corrected chi connectivity index (χ2v) is 13.1. The molecule has 1 aliphatic heterocycles. The molecule has 0 spiro atoms. The first-order chi connectivity index (χ1) is 20.2. The van der Waals surface area contributed by atoms with E-state index in [1.54, 1.807) is 6.92 Å². The van der Waals surface area contributed by atoms with Gasteiger partial charge in [0.25, 0.3) is 0 Å². The Kier molecular flexibility index (Phi) is 13.8. The maximum atomic E-state index is 14.3. The van der Waals surface area contributed by atoms with Crippen molar-refractivity contribution >= 4 is 11.9 Å². The topological polar surface area (TPSA) is 102 Å². The van der Waals surface area contributed by atoms with Gasteiger partial charge in [0.05, 0.1) is 18.9 Å². The average molecular weight is 673 g/mol. The number of hydrogen-bond acceptors (Lipinski definition) is 7. The zero-order chi connectivity index (χ0) is 35.4. The van der Waals surface area contributed by atoms with Crippen LogP contribution in [0.1, 0.15) is 99.8 Å². The summed E-state index contributed by atoms with van der Waals surface area (Å²) in [6, 6.07) is 0. The van der Waals surface area contributed by atoms with Crippen LogP contribution in [0.25, 0.3) is 0 Å². The maximum Gasteiger partial charge on any atom is 0.423 e. The summed E-state index contributed by atoms with van der Waals surface area (Å²) in [5.41, 5.74) is -6.47. The average Bonchev–Trinajstić information content (AvgIpc) is 3.52. The molecule has 266 valence electrons. The van der Waals surface area contributed by atoms with Crippen LogP contribution in [0.5, 0.6) is 0 Å². The first-order valence-electron chi connectivity index (χ1n) is 15.1. The Morgan fingerprint density at radius 3 is 1.82 bits per heavy atom. The number of halogens is 8. The predicted molar refractivity (Wildman–Crippen MR) is 147 cm³/mol. The Morgan fingerprint density at radius 1 is 0.956 bits per heavy atom. The van der Waals surface area contributed by atoms with Gasteiger partial charge in [0.1, 0.15) is 0 Å². The first-order valence-corrected chi connectivity index (χ1v) is 15.1. The van der Waals surface area contributed by atoms with Crippen LogP contribution in [-0.2, 0) is 23.8 Å². The number of carbonyl (C=O) groups excluding carboxylic acids is 2. The van der Waals surface area contributed by atoms with Crippen molar-refractivity contribution in [1.29, 1.82) is 0 Å². The highest BCUT2D eigenvalue weighted by molar-refractivity contribution is 5.72. The third-order valence-electron chi connectivity index (χ3n) is 9.21. The molecule has 0 aromatic carbocycles. The van der Waals surface area contributed by atoms with Gasteiger partial charge in [0, 0.05) is 6.42 Å². The molecule has 2 saturated carbocycles.